The number of furan rings is 3. The van der Waals surface area contributed by atoms with Gasteiger partial charge in [0.15, 0.2) is 0 Å². The topological polar surface area (TPSA) is 42.7 Å². The first-order valence-corrected chi connectivity index (χ1v) is 27.3. The van der Waals surface area contributed by atoms with Gasteiger partial charge in [-0.05, 0) is 144 Å². The lowest BCUT2D eigenvalue weighted by Crippen LogP contribution is -2.24. The Balaban J connectivity index is 0.933. The van der Waals surface area contributed by atoms with Crippen molar-refractivity contribution in [1.82, 2.24) is 0 Å². The zero-order valence-electron chi connectivity index (χ0n) is 45.0. The second kappa shape index (κ2) is 14.9. The summed E-state index contributed by atoms with van der Waals surface area (Å²) in [6.07, 6.45) is 0. The minimum Gasteiger partial charge on any atom is -0.456 e. The van der Waals surface area contributed by atoms with E-state index < -0.39 is 0 Å². The van der Waals surface area contributed by atoms with Crippen molar-refractivity contribution in [2.75, 3.05) is 4.90 Å². The van der Waals surface area contributed by atoms with Gasteiger partial charge in [-0.25, -0.2) is 0 Å². The molecule has 0 radical (unpaired) electrons. The van der Waals surface area contributed by atoms with Crippen LogP contribution in [0.1, 0.15) is 101 Å². The van der Waals surface area contributed by atoms with E-state index in [1.165, 1.54) is 94.0 Å². The van der Waals surface area contributed by atoms with E-state index in [-0.39, 0.29) is 21.7 Å². The zero-order chi connectivity index (χ0) is 52.2. The number of benzene rings is 10. The van der Waals surface area contributed by atoms with Crippen molar-refractivity contribution < 1.29 is 13.3 Å². The summed E-state index contributed by atoms with van der Waals surface area (Å²) in [5, 5.41) is 6.90. The first-order chi connectivity index (χ1) is 37.1. The van der Waals surface area contributed by atoms with E-state index in [9.17, 15) is 0 Å². The van der Waals surface area contributed by atoms with Crippen molar-refractivity contribution in [3.63, 3.8) is 0 Å². The fourth-order valence-corrected chi connectivity index (χ4v) is 14.8. The third-order valence-corrected chi connectivity index (χ3v) is 18.3. The van der Waals surface area contributed by atoms with Gasteiger partial charge in [0.25, 0.3) is 0 Å². The first-order valence-electron chi connectivity index (χ1n) is 27.3. The van der Waals surface area contributed by atoms with Crippen LogP contribution in [-0.2, 0) is 21.7 Å². The fourth-order valence-electron chi connectivity index (χ4n) is 14.8. The second-order valence-electron chi connectivity index (χ2n) is 24.7. The first kappa shape index (κ1) is 44.7. The van der Waals surface area contributed by atoms with Gasteiger partial charge in [-0.1, -0.05) is 178 Å². The van der Waals surface area contributed by atoms with E-state index in [2.05, 4.69) is 243 Å². The molecule has 0 amide bonds. The van der Waals surface area contributed by atoms with Gasteiger partial charge in [0.05, 0.1) is 0 Å². The van der Waals surface area contributed by atoms with Crippen LogP contribution < -0.4 is 4.90 Å². The maximum absolute atomic E-state index is 7.10. The Labute approximate surface area is 448 Å². The Morgan fingerprint density at radius 2 is 0.818 bits per heavy atom. The van der Waals surface area contributed by atoms with Crippen LogP contribution in [0, 0.1) is 0 Å². The molecule has 3 aliphatic rings. The van der Waals surface area contributed by atoms with E-state index in [0.29, 0.717) is 0 Å². The van der Waals surface area contributed by atoms with Crippen molar-refractivity contribution in [1.29, 1.82) is 0 Å². The number of hydrogen-bond acceptors (Lipinski definition) is 4. The molecule has 4 heteroatoms. The van der Waals surface area contributed by atoms with Crippen LogP contribution in [0.2, 0.25) is 0 Å². The van der Waals surface area contributed by atoms with Crippen molar-refractivity contribution >= 4 is 82.9 Å². The highest BCUT2D eigenvalue weighted by Crippen LogP contribution is 2.64. The van der Waals surface area contributed by atoms with Gasteiger partial charge < -0.3 is 18.2 Å². The van der Waals surface area contributed by atoms with E-state index >= 15 is 0 Å². The predicted molar refractivity (Wildman–Crippen MR) is 320 cm³/mol. The number of para-hydroxylation sites is 3. The van der Waals surface area contributed by atoms with E-state index in [4.69, 9.17) is 13.3 Å². The SMILES string of the molecule is CC(C)(C)c1ccccc1-c1cc2c(c3c1oc1ccccc13)-c1ccc(N(c3ccc4c(c3)C(C)(C)c3c5c(c6c(oc7ccccc76)c3-4)-c3ccccc3C5(C)C)c3ccc4oc5ccccc5c4c3)cc1C2(C)C. The molecule has 0 fully saturated rings. The second-order valence-corrected chi connectivity index (χ2v) is 24.7. The molecule has 4 nitrogen and oxygen atoms in total. The van der Waals surface area contributed by atoms with Crippen LogP contribution in [0.4, 0.5) is 17.1 Å². The summed E-state index contributed by atoms with van der Waals surface area (Å²) in [5.41, 5.74) is 27.0. The van der Waals surface area contributed by atoms with E-state index in [1.807, 2.05) is 6.07 Å². The highest BCUT2D eigenvalue weighted by Gasteiger charge is 2.49. The normalized spacial score (nSPS) is 15.4. The van der Waals surface area contributed by atoms with Gasteiger partial charge >= 0.3 is 0 Å². The lowest BCUT2D eigenvalue weighted by atomic mass is 9.72. The maximum Gasteiger partial charge on any atom is 0.144 e. The molecule has 372 valence electrons. The predicted octanol–water partition coefficient (Wildman–Crippen LogP) is 20.7. The molecular weight excluding hydrogens is 939 g/mol. The van der Waals surface area contributed by atoms with Crippen molar-refractivity contribution in [2.45, 2.75) is 84.0 Å². The Morgan fingerprint density at radius 1 is 0.338 bits per heavy atom. The Kier molecular flexibility index (Phi) is 8.62. The lowest BCUT2D eigenvalue weighted by molar-refractivity contribution is 0.591. The number of rotatable bonds is 4. The van der Waals surface area contributed by atoms with Crippen molar-refractivity contribution in [3.05, 3.63) is 221 Å². The van der Waals surface area contributed by atoms with Crippen LogP contribution in [-0.4, -0.2) is 0 Å². The maximum atomic E-state index is 7.10. The van der Waals surface area contributed by atoms with Crippen LogP contribution in [0.5, 0.6) is 0 Å². The minimum absolute atomic E-state index is 0.0752. The summed E-state index contributed by atoms with van der Waals surface area (Å²) in [6, 6.07) is 67.1. The molecule has 3 heterocycles. The number of hydrogen-bond donors (Lipinski definition) is 0. The molecule has 0 saturated heterocycles. The Bertz CT molecular complexity index is 4770. The third kappa shape index (κ3) is 5.78. The Morgan fingerprint density at radius 3 is 1.51 bits per heavy atom. The third-order valence-electron chi connectivity index (χ3n) is 18.3. The summed E-state index contributed by atoms with van der Waals surface area (Å²) >= 11 is 0. The van der Waals surface area contributed by atoms with Crippen LogP contribution in [0.15, 0.2) is 195 Å². The zero-order valence-corrected chi connectivity index (χ0v) is 45.0. The van der Waals surface area contributed by atoms with E-state index in [0.717, 1.165) is 72.3 Å². The van der Waals surface area contributed by atoms with Gasteiger partial charge in [-0.2, -0.15) is 0 Å². The van der Waals surface area contributed by atoms with Gasteiger partial charge in [0.1, 0.15) is 33.5 Å². The molecule has 10 aromatic carbocycles. The molecular formula is C73H57NO3. The van der Waals surface area contributed by atoms with Crippen LogP contribution in [0.3, 0.4) is 0 Å². The standard InChI is InChI=1S/C73H57NO3/c1-70(2,3)52-25-15-10-20-43(52)51-39-56-61(63-48-23-13-18-28-58(48)76-68(51)63)46-33-30-41(37-54(46)71(56,4)5)74(40-32-35-60-50(36-40)44-21-12-17-27-57(44)75-60)42-31-34-47-55(38-42)73(8,9)67-65(47)69-64(49-24-14-19-29-59(49)77-69)62-45-22-11-16-26-53(45)72(6,7)66(62)67/h10-39H,1-9H3. The fraction of sp³-hybridized carbons (Fsp3) is 0.178. The largest absolute Gasteiger partial charge is 0.456 e. The highest BCUT2D eigenvalue weighted by atomic mass is 16.3. The molecule has 3 aromatic heterocycles. The molecule has 0 unspecified atom stereocenters. The average Bonchev–Trinajstić information content (AvgIpc) is 4.45. The molecule has 16 rings (SSSR count). The molecule has 3 aliphatic carbocycles. The Hall–Kier alpha value is -8.60. The molecule has 77 heavy (non-hydrogen) atoms. The summed E-state index contributed by atoms with van der Waals surface area (Å²) in [7, 11) is 0. The monoisotopic (exact) mass is 995 g/mol. The van der Waals surface area contributed by atoms with Crippen molar-refractivity contribution in [3.8, 4) is 44.5 Å². The molecule has 0 atom stereocenters. The molecule has 0 bridgehead atoms. The molecule has 0 N–H and O–H groups in total. The molecule has 0 spiro atoms. The van der Waals surface area contributed by atoms with Gasteiger partial charge in [0.2, 0.25) is 0 Å². The van der Waals surface area contributed by atoms with Gasteiger partial charge in [-0.3, -0.25) is 0 Å². The number of anilines is 3. The lowest BCUT2D eigenvalue weighted by Gasteiger charge is -2.32. The summed E-state index contributed by atoms with van der Waals surface area (Å²) in [4.78, 5) is 2.48. The van der Waals surface area contributed by atoms with Crippen LogP contribution in [0.25, 0.3) is 110 Å². The number of nitrogens with zero attached hydrogens (tertiary/aromatic N) is 1. The average molecular weight is 996 g/mol. The molecule has 13 aromatic rings. The van der Waals surface area contributed by atoms with Crippen molar-refractivity contribution in [2.24, 2.45) is 0 Å². The summed E-state index contributed by atoms with van der Waals surface area (Å²) in [5.74, 6) is 0. The van der Waals surface area contributed by atoms with Crippen LogP contribution >= 0.6 is 0 Å². The van der Waals surface area contributed by atoms with Gasteiger partial charge in [0, 0.05) is 76.8 Å². The van der Waals surface area contributed by atoms with Gasteiger partial charge in [-0.15, -0.1) is 0 Å². The summed E-state index contributed by atoms with van der Waals surface area (Å²) < 4.78 is 20.6. The quantitative estimate of drug-likeness (QED) is 0.176. The smallest absolute Gasteiger partial charge is 0.144 e. The molecule has 0 aliphatic heterocycles. The highest BCUT2D eigenvalue weighted by molar-refractivity contribution is 6.22. The summed E-state index contributed by atoms with van der Waals surface area (Å²) in [6.45, 7) is 21.5. The number of fused-ring (bicyclic) bond motifs is 22. The molecule has 0 saturated carbocycles. The van der Waals surface area contributed by atoms with E-state index in [1.54, 1.807) is 0 Å². The minimum atomic E-state index is -0.378.